The Morgan fingerprint density at radius 1 is 0.541 bits per heavy atom. The molecule has 0 radical (unpaired) electrons. The monoisotopic (exact) mass is 788 g/mol. The zero-order valence-electron chi connectivity index (χ0n) is 35.1. The molecule has 0 fully saturated rings. The van der Waals surface area contributed by atoms with Crippen LogP contribution in [0.15, 0.2) is 182 Å². The smallest absolute Gasteiger partial charge is 0.360 e. The van der Waals surface area contributed by atoms with Crippen LogP contribution in [0.4, 0.5) is 22.7 Å². The lowest BCUT2D eigenvalue weighted by atomic mass is 9.61. The number of rotatable bonds is 6. The van der Waals surface area contributed by atoms with Crippen LogP contribution in [0.1, 0.15) is 37.5 Å². The number of anilines is 4. The van der Waals surface area contributed by atoms with E-state index < -0.39 is 0 Å². The lowest BCUT2D eigenvalue weighted by molar-refractivity contribution is -0.572. The molecule has 0 saturated heterocycles. The maximum Gasteiger partial charge on any atom is 0.421 e. The first kappa shape index (κ1) is 36.7. The first-order valence-corrected chi connectivity index (χ1v) is 21.1. The molecule has 0 unspecified atom stereocenters. The summed E-state index contributed by atoms with van der Waals surface area (Å²) in [6.45, 7) is 11.1. The van der Waals surface area contributed by atoms with Gasteiger partial charge in [-0.05, 0) is 103 Å². The van der Waals surface area contributed by atoms with Gasteiger partial charge in [-0.1, -0.05) is 135 Å². The van der Waals surface area contributed by atoms with Gasteiger partial charge in [-0.25, -0.2) is 4.98 Å². The van der Waals surface area contributed by atoms with Crippen molar-refractivity contribution >= 4 is 68.0 Å². The number of hydrogen-bond donors (Lipinski definition) is 0. The van der Waals surface area contributed by atoms with E-state index in [2.05, 4.69) is 240 Å². The van der Waals surface area contributed by atoms with Crippen molar-refractivity contribution in [2.75, 3.05) is 9.62 Å². The van der Waals surface area contributed by atoms with E-state index in [4.69, 9.17) is 4.98 Å². The number of imidazole rings is 1. The van der Waals surface area contributed by atoms with E-state index in [1.807, 2.05) is 6.20 Å². The molecular formula is C54H45BN6. The molecule has 0 N–H and O–H groups in total. The molecule has 1 aliphatic heterocycles. The van der Waals surface area contributed by atoms with Crippen molar-refractivity contribution in [2.45, 2.75) is 40.0 Å². The Hall–Kier alpha value is -7.38. The van der Waals surface area contributed by atoms with E-state index in [1.165, 1.54) is 32.9 Å². The Bertz CT molecular complexity index is 3270. The molecule has 0 saturated carbocycles. The predicted molar refractivity (Wildman–Crippen MR) is 253 cm³/mol. The zero-order chi connectivity index (χ0) is 41.4. The minimum Gasteiger partial charge on any atom is -0.360 e. The molecule has 0 bridgehead atoms. The molecule has 1 aliphatic rings. The van der Waals surface area contributed by atoms with Gasteiger partial charge in [0.2, 0.25) is 0 Å². The van der Waals surface area contributed by atoms with Gasteiger partial charge in [0, 0.05) is 28.3 Å². The van der Waals surface area contributed by atoms with Crippen LogP contribution in [-0.2, 0) is 5.41 Å². The molecule has 10 aromatic rings. The summed E-state index contributed by atoms with van der Waals surface area (Å²) >= 11 is 0. The Balaban J connectivity index is 1.20. The van der Waals surface area contributed by atoms with Crippen LogP contribution >= 0.6 is 0 Å². The molecule has 7 heteroatoms. The summed E-state index contributed by atoms with van der Waals surface area (Å²) < 4.78 is 6.71. The highest BCUT2D eigenvalue weighted by molar-refractivity contribution is 6.85. The van der Waals surface area contributed by atoms with E-state index in [0.717, 1.165) is 62.0 Å². The summed E-state index contributed by atoms with van der Waals surface area (Å²) in [5, 5.41) is 2.38. The summed E-state index contributed by atoms with van der Waals surface area (Å²) in [4.78, 5) is 10.1. The molecule has 0 spiro atoms. The average molecular weight is 789 g/mol. The maximum absolute atomic E-state index is 5.04. The van der Waals surface area contributed by atoms with E-state index >= 15 is 0 Å². The second-order valence-corrected chi connectivity index (χ2v) is 17.2. The number of pyridine rings is 1. The number of aryl methyl sites for hydroxylation is 2. The third-order valence-electron chi connectivity index (χ3n) is 12.4. The van der Waals surface area contributed by atoms with Crippen LogP contribution in [0.3, 0.4) is 0 Å². The standard InChI is InChI=1S/C54H45BN6/c1-37-18-16-19-38(2)53(37)55-60(41-22-10-7-11-23-41)50-34-45-44-26-12-13-27-46(44)59(52-32-39(30-31-56-52)54(3,4)5)49(45)35-51(50)61(55)43-25-17-24-42(33-43)58-36-57(40-20-8-6-9-21-40)47-28-14-15-29-48(47)58/h6-35H,1-5H3. The third kappa shape index (κ3) is 5.94. The number of hydrogen-bond acceptors (Lipinski definition) is 3. The fraction of sp³-hybridized carbons (Fsp3) is 0.111. The van der Waals surface area contributed by atoms with Gasteiger partial charge in [-0.15, -0.1) is 0 Å². The topological polar surface area (TPSA) is 33.1 Å². The lowest BCUT2D eigenvalue weighted by Crippen LogP contribution is -2.55. The van der Waals surface area contributed by atoms with Gasteiger partial charge in [0.1, 0.15) is 5.82 Å². The van der Waals surface area contributed by atoms with Gasteiger partial charge in [0.15, 0.2) is 0 Å². The number of fused-ring (bicyclic) bond motifs is 5. The molecule has 0 aliphatic carbocycles. The molecule has 11 rings (SSSR count). The van der Waals surface area contributed by atoms with Gasteiger partial charge in [-0.3, -0.25) is 13.7 Å². The lowest BCUT2D eigenvalue weighted by Gasteiger charge is -2.32. The SMILES string of the molecule is Cc1cccc(C)c1B1N(c2ccccc2)c2cc3c4ccccc4n(-c4cc(C(C)(C)C)ccn4)c3cc2N1c1cccc(-n2[c-][n+](-c3ccccc3)c3ccccc32)c1. The number of benzene rings is 7. The van der Waals surface area contributed by atoms with Crippen molar-refractivity contribution in [3.8, 4) is 17.2 Å². The Labute approximate surface area is 357 Å². The van der Waals surface area contributed by atoms with E-state index in [9.17, 15) is 0 Å². The Morgan fingerprint density at radius 2 is 1.16 bits per heavy atom. The molecular weight excluding hydrogens is 743 g/mol. The van der Waals surface area contributed by atoms with Crippen molar-refractivity contribution in [1.29, 1.82) is 0 Å². The molecule has 7 aromatic carbocycles. The maximum atomic E-state index is 5.04. The summed E-state index contributed by atoms with van der Waals surface area (Å²) in [6.07, 6.45) is 5.69. The second-order valence-electron chi connectivity index (χ2n) is 17.2. The Kier molecular flexibility index (Phi) is 8.50. The summed E-state index contributed by atoms with van der Waals surface area (Å²) in [6, 6.07) is 63.5. The van der Waals surface area contributed by atoms with Gasteiger partial charge in [-0.2, -0.15) is 0 Å². The van der Waals surface area contributed by atoms with E-state index in [-0.39, 0.29) is 12.4 Å². The fourth-order valence-corrected chi connectivity index (χ4v) is 9.46. The normalized spacial score (nSPS) is 12.9. The van der Waals surface area contributed by atoms with E-state index in [1.54, 1.807) is 0 Å². The highest BCUT2D eigenvalue weighted by Gasteiger charge is 2.45. The first-order valence-electron chi connectivity index (χ1n) is 21.1. The van der Waals surface area contributed by atoms with Gasteiger partial charge in [0.05, 0.1) is 44.8 Å². The van der Waals surface area contributed by atoms with Crippen LogP contribution in [0.25, 0.3) is 50.0 Å². The first-order chi connectivity index (χ1) is 29.7. The summed E-state index contributed by atoms with van der Waals surface area (Å²) in [5.41, 5.74) is 16.0. The molecule has 4 heterocycles. The quantitative estimate of drug-likeness (QED) is 0.0956. The van der Waals surface area contributed by atoms with Crippen molar-refractivity contribution in [2.24, 2.45) is 0 Å². The van der Waals surface area contributed by atoms with Gasteiger partial charge < -0.3 is 9.62 Å². The van der Waals surface area contributed by atoms with Crippen molar-refractivity contribution in [3.05, 3.63) is 205 Å². The van der Waals surface area contributed by atoms with E-state index in [0.29, 0.717) is 0 Å². The molecule has 6 nitrogen and oxygen atoms in total. The van der Waals surface area contributed by atoms with Gasteiger partial charge in [0.25, 0.3) is 6.33 Å². The highest BCUT2D eigenvalue weighted by atomic mass is 15.3. The van der Waals surface area contributed by atoms with Crippen LogP contribution in [-0.4, -0.2) is 21.1 Å². The third-order valence-corrected chi connectivity index (χ3v) is 12.4. The number of aromatic nitrogens is 4. The number of para-hydroxylation sites is 5. The fourth-order valence-electron chi connectivity index (χ4n) is 9.46. The number of nitrogens with zero attached hydrogens (tertiary/aromatic N) is 6. The second kappa shape index (κ2) is 14.1. The van der Waals surface area contributed by atoms with Crippen molar-refractivity contribution in [3.63, 3.8) is 0 Å². The average Bonchev–Trinajstić information content (AvgIpc) is 3.94. The Morgan fingerprint density at radius 3 is 1.93 bits per heavy atom. The summed E-state index contributed by atoms with van der Waals surface area (Å²) in [7, 11) is 0. The highest BCUT2D eigenvalue weighted by Crippen LogP contribution is 2.50. The molecule has 0 atom stereocenters. The van der Waals surface area contributed by atoms with Crippen LogP contribution in [0.5, 0.6) is 0 Å². The van der Waals surface area contributed by atoms with Crippen molar-refractivity contribution in [1.82, 2.24) is 14.1 Å². The minimum atomic E-state index is -0.193. The van der Waals surface area contributed by atoms with Crippen LogP contribution in [0.2, 0.25) is 0 Å². The molecule has 61 heavy (non-hydrogen) atoms. The summed E-state index contributed by atoms with van der Waals surface area (Å²) in [5.74, 6) is 0.915. The van der Waals surface area contributed by atoms with Crippen molar-refractivity contribution < 1.29 is 4.57 Å². The van der Waals surface area contributed by atoms with Gasteiger partial charge >= 0.3 is 6.98 Å². The molecule has 294 valence electrons. The minimum absolute atomic E-state index is 0.0306. The van der Waals surface area contributed by atoms with Crippen LogP contribution in [0, 0.1) is 20.2 Å². The van der Waals surface area contributed by atoms with Crippen LogP contribution < -0.4 is 19.7 Å². The molecule has 3 aromatic heterocycles. The largest absolute Gasteiger partial charge is 0.421 e. The molecule has 0 amide bonds. The zero-order valence-corrected chi connectivity index (χ0v) is 35.1. The predicted octanol–water partition coefficient (Wildman–Crippen LogP) is 11.8.